The third-order valence-corrected chi connectivity index (χ3v) is 3.51. The molecule has 0 aliphatic rings. The first kappa shape index (κ1) is 13.1. The lowest BCUT2D eigenvalue weighted by Gasteiger charge is -2.02. The van der Waals surface area contributed by atoms with E-state index >= 15 is 0 Å². The summed E-state index contributed by atoms with van der Waals surface area (Å²) in [7, 11) is 0. The number of hydrogen-bond donors (Lipinski definition) is 1. The number of furan rings is 1. The number of nitrogen functional groups attached to an aromatic ring is 1. The summed E-state index contributed by atoms with van der Waals surface area (Å²) in [6, 6.07) is 6.23. The molecule has 106 valence electrons. The summed E-state index contributed by atoms with van der Waals surface area (Å²) >= 11 is 0.957. The number of pyridine rings is 1. The molecule has 10 heteroatoms. The first-order valence-corrected chi connectivity index (χ1v) is 6.50. The van der Waals surface area contributed by atoms with Crippen LogP contribution in [0.15, 0.2) is 51.3 Å². The second-order valence-electron chi connectivity index (χ2n) is 3.84. The van der Waals surface area contributed by atoms with Gasteiger partial charge in [0.1, 0.15) is 0 Å². The zero-order valence-electron chi connectivity index (χ0n) is 10.4. The molecule has 0 saturated heterocycles. The molecule has 3 heterocycles. The molecule has 0 unspecified atom stereocenters. The monoisotopic (exact) mass is 304 g/mol. The zero-order valence-corrected chi connectivity index (χ0v) is 11.2. The number of nitrogens with two attached hydrogens (primary N) is 1. The Bertz CT molecular complexity index is 785. The molecular weight excluding hydrogens is 296 g/mol. The number of rotatable bonds is 4. The Hall–Kier alpha value is -2.88. The predicted molar refractivity (Wildman–Crippen MR) is 72.9 cm³/mol. The highest BCUT2D eigenvalue weighted by atomic mass is 32.2. The maximum absolute atomic E-state index is 11.0. The summed E-state index contributed by atoms with van der Waals surface area (Å²) in [4.78, 5) is 14.4. The summed E-state index contributed by atoms with van der Waals surface area (Å²) < 4.78 is 6.39. The van der Waals surface area contributed by atoms with Crippen LogP contribution in [0.4, 0.5) is 5.69 Å². The van der Waals surface area contributed by atoms with Gasteiger partial charge in [0.25, 0.3) is 0 Å². The minimum absolute atomic E-state index is 0.120. The quantitative estimate of drug-likeness (QED) is 0.438. The van der Waals surface area contributed by atoms with Crippen LogP contribution in [0.1, 0.15) is 0 Å². The Labute approximate surface area is 121 Å². The van der Waals surface area contributed by atoms with Gasteiger partial charge in [-0.3, -0.25) is 10.1 Å². The molecule has 3 aromatic rings. The summed E-state index contributed by atoms with van der Waals surface area (Å²) in [5, 5.41) is 19.2. The van der Waals surface area contributed by atoms with Crippen molar-refractivity contribution in [1.29, 1.82) is 0 Å². The molecular formula is C11H8N6O3S. The Morgan fingerprint density at radius 1 is 1.33 bits per heavy atom. The van der Waals surface area contributed by atoms with Crippen molar-refractivity contribution in [1.82, 2.24) is 19.9 Å². The topological polar surface area (TPSA) is 126 Å². The molecule has 21 heavy (non-hydrogen) atoms. The molecule has 0 bridgehead atoms. The molecule has 0 aliphatic heterocycles. The molecule has 3 aromatic heterocycles. The standard InChI is InChI=1S/C11H8N6O3S/c12-16-9(8-4-2-6-20-8)14-15-11(16)21-10-7(17(18)19)3-1-5-13-10/h1-6H,12H2. The molecule has 0 aromatic carbocycles. The van der Waals surface area contributed by atoms with E-state index < -0.39 is 4.92 Å². The lowest BCUT2D eigenvalue weighted by molar-refractivity contribution is -0.388. The Morgan fingerprint density at radius 2 is 2.19 bits per heavy atom. The average molecular weight is 304 g/mol. The predicted octanol–water partition coefficient (Wildman–Crippen LogP) is 1.71. The normalized spacial score (nSPS) is 10.7. The van der Waals surface area contributed by atoms with Crippen molar-refractivity contribution in [3.8, 4) is 11.6 Å². The molecule has 9 nitrogen and oxygen atoms in total. The molecule has 0 spiro atoms. The zero-order chi connectivity index (χ0) is 14.8. The minimum atomic E-state index is -0.514. The molecule has 3 rings (SSSR count). The van der Waals surface area contributed by atoms with E-state index in [0.29, 0.717) is 11.6 Å². The fourth-order valence-electron chi connectivity index (χ4n) is 1.61. The molecule has 2 N–H and O–H groups in total. The van der Waals surface area contributed by atoms with Crippen molar-refractivity contribution in [2.24, 2.45) is 0 Å². The average Bonchev–Trinajstić information content (AvgIpc) is 3.10. The van der Waals surface area contributed by atoms with Gasteiger partial charge in [-0.1, -0.05) is 0 Å². The van der Waals surface area contributed by atoms with Crippen LogP contribution in [0.3, 0.4) is 0 Å². The van der Waals surface area contributed by atoms with E-state index in [4.69, 9.17) is 10.3 Å². The third kappa shape index (κ3) is 2.43. The second kappa shape index (κ2) is 5.25. The third-order valence-electron chi connectivity index (χ3n) is 2.54. The fourth-order valence-corrected chi connectivity index (χ4v) is 2.41. The molecule has 0 amide bonds. The lowest BCUT2D eigenvalue weighted by atomic mass is 10.4. The number of hydrogen-bond acceptors (Lipinski definition) is 8. The van der Waals surface area contributed by atoms with Gasteiger partial charge in [-0.2, -0.15) is 0 Å². The Balaban J connectivity index is 1.95. The maximum Gasteiger partial charge on any atom is 0.301 e. The molecule has 0 radical (unpaired) electrons. The fraction of sp³-hybridized carbons (Fsp3) is 0. The SMILES string of the molecule is Nn1c(Sc2ncccc2[N+](=O)[O-])nnc1-c1ccco1. The van der Waals surface area contributed by atoms with E-state index in [0.717, 1.165) is 11.8 Å². The van der Waals surface area contributed by atoms with Crippen molar-refractivity contribution in [2.75, 3.05) is 5.84 Å². The number of nitrogens with zero attached hydrogens (tertiary/aromatic N) is 5. The van der Waals surface area contributed by atoms with Crippen LogP contribution in [0.25, 0.3) is 11.6 Å². The van der Waals surface area contributed by atoms with Crippen molar-refractivity contribution in [3.63, 3.8) is 0 Å². The lowest BCUT2D eigenvalue weighted by Crippen LogP contribution is -2.11. The Kier molecular flexibility index (Phi) is 3.28. The van der Waals surface area contributed by atoms with E-state index in [1.807, 2.05) is 0 Å². The van der Waals surface area contributed by atoms with Crippen LogP contribution >= 0.6 is 11.8 Å². The van der Waals surface area contributed by atoms with E-state index in [9.17, 15) is 10.1 Å². The van der Waals surface area contributed by atoms with Crippen molar-refractivity contribution < 1.29 is 9.34 Å². The van der Waals surface area contributed by atoms with Crippen molar-refractivity contribution in [2.45, 2.75) is 10.2 Å². The smallest absolute Gasteiger partial charge is 0.301 e. The van der Waals surface area contributed by atoms with Gasteiger partial charge >= 0.3 is 5.69 Å². The van der Waals surface area contributed by atoms with Crippen LogP contribution in [-0.2, 0) is 0 Å². The second-order valence-corrected chi connectivity index (χ2v) is 4.80. The van der Waals surface area contributed by atoms with E-state index in [1.54, 1.807) is 12.1 Å². The highest BCUT2D eigenvalue weighted by Gasteiger charge is 2.20. The van der Waals surface area contributed by atoms with Gasteiger partial charge in [0.05, 0.1) is 11.2 Å². The summed E-state index contributed by atoms with van der Waals surface area (Å²) in [5.41, 5.74) is -0.120. The van der Waals surface area contributed by atoms with Gasteiger partial charge in [-0.25, -0.2) is 9.66 Å². The first-order valence-electron chi connectivity index (χ1n) is 5.68. The van der Waals surface area contributed by atoms with E-state index in [-0.39, 0.29) is 15.9 Å². The highest BCUT2D eigenvalue weighted by Crippen LogP contribution is 2.32. The van der Waals surface area contributed by atoms with E-state index in [1.165, 1.54) is 29.3 Å². The summed E-state index contributed by atoms with van der Waals surface area (Å²) in [6.45, 7) is 0. The van der Waals surface area contributed by atoms with E-state index in [2.05, 4.69) is 15.2 Å². The van der Waals surface area contributed by atoms with Gasteiger partial charge in [-0.15, -0.1) is 10.2 Å². The molecule has 0 aliphatic carbocycles. The van der Waals surface area contributed by atoms with Crippen LogP contribution in [0, 0.1) is 10.1 Å². The number of nitro groups is 1. The largest absolute Gasteiger partial charge is 0.461 e. The highest BCUT2D eigenvalue weighted by molar-refractivity contribution is 7.99. The van der Waals surface area contributed by atoms with Crippen LogP contribution in [-0.4, -0.2) is 24.8 Å². The van der Waals surface area contributed by atoms with Gasteiger partial charge in [-0.05, 0) is 30.0 Å². The van der Waals surface area contributed by atoms with Crippen LogP contribution in [0.2, 0.25) is 0 Å². The molecule has 0 atom stereocenters. The van der Waals surface area contributed by atoms with Crippen LogP contribution < -0.4 is 5.84 Å². The molecule has 0 saturated carbocycles. The molecule has 0 fully saturated rings. The van der Waals surface area contributed by atoms with Gasteiger partial charge < -0.3 is 10.3 Å². The van der Waals surface area contributed by atoms with Gasteiger partial charge in [0.2, 0.25) is 11.0 Å². The Morgan fingerprint density at radius 3 is 2.90 bits per heavy atom. The number of aromatic nitrogens is 4. The first-order chi connectivity index (χ1) is 10.2. The maximum atomic E-state index is 11.0. The minimum Gasteiger partial charge on any atom is -0.461 e. The van der Waals surface area contributed by atoms with Crippen molar-refractivity contribution in [3.05, 3.63) is 46.8 Å². The van der Waals surface area contributed by atoms with Gasteiger partial charge in [0.15, 0.2) is 10.8 Å². The van der Waals surface area contributed by atoms with Crippen molar-refractivity contribution >= 4 is 17.4 Å². The van der Waals surface area contributed by atoms with Gasteiger partial charge in [0, 0.05) is 12.3 Å². The summed E-state index contributed by atoms with van der Waals surface area (Å²) in [6.07, 6.45) is 2.94. The van der Waals surface area contributed by atoms with Crippen LogP contribution in [0.5, 0.6) is 0 Å². The summed E-state index contributed by atoms with van der Waals surface area (Å²) in [5.74, 6) is 6.65.